The summed E-state index contributed by atoms with van der Waals surface area (Å²) in [5, 5.41) is 9.72. The highest BCUT2D eigenvalue weighted by atomic mass is 32.2. The van der Waals surface area contributed by atoms with Crippen molar-refractivity contribution in [2.24, 2.45) is 0 Å². The number of hydrogen-bond donors (Lipinski definition) is 0. The van der Waals surface area contributed by atoms with E-state index in [0.717, 1.165) is 59.8 Å². The van der Waals surface area contributed by atoms with E-state index in [0.29, 0.717) is 5.75 Å². The molecule has 0 spiro atoms. The lowest BCUT2D eigenvalue weighted by molar-refractivity contribution is 0.102. The third-order valence-corrected chi connectivity index (χ3v) is 6.73. The Labute approximate surface area is 182 Å². The molecule has 0 unspecified atom stereocenters. The van der Waals surface area contributed by atoms with Gasteiger partial charge in [-0.15, -0.1) is 10.2 Å². The van der Waals surface area contributed by atoms with Crippen molar-refractivity contribution in [1.29, 1.82) is 0 Å². The molecule has 2 aromatic heterocycles. The van der Waals surface area contributed by atoms with Gasteiger partial charge in [-0.25, -0.2) is 0 Å². The lowest BCUT2D eigenvalue weighted by atomic mass is 10.2. The molecule has 1 aromatic carbocycles. The second-order valence-electron chi connectivity index (χ2n) is 7.79. The fraction of sp³-hybridized carbons (Fsp3) is 0.435. The van der Waals surface area contributed by atoms with Crippen molar-refractivity contribution in [3.05, 3.63) is 59.2 Å². The Morgan fingerprint density at radius 1 is 1.10 bits per heavy atom. The van der Waals surface area contributed by atoms with Gasteiger partial charge in [0.05, 0.1) is 12.3 Å². The van der Waals surface area contributed by atoms with E-state index in [2.05, 4.69) is 50.2 Å². The number of thioether (sulfide) groups is 1. The van der Waals surface area contributed by atoms with Crippen LogP contribution in [-0.4, -0.2) is 48.9 Å². The van der Waals surface area contributed by atoms with Crippen molar-refractivity contribution in [2.75, 3.05) is 18.8 Å². The first kappa shape index (κ1) is 20.9. The van der Waals surface area contributed by atoms with Gasteiger partial charge in [0.25, 0.3) is 0 Å². The van der Waals surface area contributed by atoms with Gasteiger partial charge < -0.3 is 4.57 Å². The molecule has 0 aliphatic carbocycles. The van der Waals surface area contributed by atoms with Gasteiger partial charge in [-0.05, 0) is 64.9 Å². The first-order valence-electron chi connectivity index (χ1n) is 10.6. The summed E-state index contributed by atoms with van der Waals surface area (Å²) in [7, 11) is 0. The third-order valence-electron chi connectivity index (χ3n) is 5.80. The normalized spacial score (nSPS) is 14.5. The van der Waals surface area contributed by atoms with E-state index < -0.39 is 0 Å². The summed E-state index contributed by atoms with van der Waals surface area (Å²) in [6.45, 7) is 10.1. The van der Waals surface area contributed by atoms with Crippen LogP contribution in [0.2, 0.25) is 0 Å². The third kappa shape index (κ3) is 4.23. The quantitative estimate of drug-likeness (QED) is 0.400. The number of Topliss-reactive ketones (excluding diaryl/α,β-unsaturated/α-hetero) is 1. The molecule has 1 aliphatic heterocycles. The van der Waals surface area contributed by atoms with Gasteiger partial charge in [0.1, 0.15) is 0 Å². The number of likely N-dealkylation sites (tertiary alicyclic amines) is 1. The summed E-state index contributed by atoms with van der Waals surface area (Å²) in [4.78, 5) is 15.4. The Bertz CT molecular complexity index is 1020. The molecule has 3 aromatic rings. The molecule has 3 heterocycles. The highest BCUT2D eigenvalue weighted by Crippen LogP contribution is 2.25. The van der Waals surface area contributed by atoms with Crippen LogP contribution < -0.4 is 0 Å². The number of nitrogens with zero attached hydrogens (tertiary/aromatic N) is 5. The predicted octanol–water partition coefficient (Wildman–Crippen LogP) is 4.28. The first-order valence-corrected chi connectivity index (χ1v) is 11.6. The average molecular weight is 424 g/mol. The first-order chi connectivity index (χ1) is 14.6. The van der Waals surface area contributed by atoms with Gasteiger partial charge >= 0.3 is 0 Å². The summed E-state index contributed by atoms with van der Waals surface area (Å²) in [6.07, 6.45) is 2.48. The highest BCUT2D eigenvalue weighted by Gasteiger charge is 2.21. The van der Waals surface area contributed by atoms with E-state index in [4.69, 9.17) is 0 Å². The van der Waals surface area contributed by atoms with Crippen LogP contribution in [0.15, 0.2) is 41.6 Å². The largest absolute Gasteiger partial charge is 0.349 e. The van der Waals surface area contributed by atoms with Crippen LogP contribution in [0.5, 0.6) is 0 Å². The molecule has 0 radical (unpaired) electrons. The summed E-state index contributed by atoms with van der Waals surface area (Å²) in [6, 6.07) is 12.2. The van der Waals surface area contributed by atoms with Gasteiger partial charge in [-0.3, -0.25) is 14.3 Å². The number of rotatable bonds is 8. The van der Waals surface area contributed by atoms with Crippen LogP contribution in [0.3, 0.4) is 0 Å². The summed E-state index contributed by atoms with van der Waals surface area (Å²) >= 11 is 1.47. The van der Waals surface area contributed by atoms with Crippen molar-refractivity contribution in [2.45, 2.75) is 51.9 Å². The second-order valence-corrected chi connectivity index (χ2v) is 8.74. The van der Waals surface area contributed by atoms with Gasteiger partial charge in [-0.1, -0.05) is 30.0 Å². The summed E-state index contributed by atoms with van der Waals surface area (Å²) < 4.78 is 4.28. The van der Waals surface area contributed by atoms with Crippen LogP contribution in [0.1, 0.15) is 47.3 Å². The maximum atomic E-state index is 13.0. The molecule has 30 heavy (non-hydrogen) atoms. The van der Waals surface area contributed by atoms with E-state index in [1.54, 1.807) is 0 Å². The number of para-hydroxylation sites is 1. The van der Waals surface area contributed by atoms with Crippen LogP contribution in [0.4, 0.5) is 0 Å². The smallest absolute Gasteiger partial charge is 0.196 e. The maximum absolute atomic E-state index is 13.0. The number of aromatic nitrogens is 4. The average Bonchev–Trinajstić information content (AvgIpc) is 3.47. The van der Waals surface area contributed by atoms with Crippen molar-refractivity contribution in [1.82, 2.24) is 24.2 Å². The number of hydrogen-bond acceptors (Lipinski definition) is 5. The Morgan fingerprint density at radius 3 is 2.50 bits per heavy atom. The second kappa shape index (κ2) is 9.18. The van der Waals surface area contributed by atoms with E-state index in [-0.39, 0.29) is 5.78 Å². The minimum Gasteiger partial charge on any atom is -0.349 e. The van der Waals surface area contributed by atoms with E-state index >= 15 is 0 Å². The topological polar surface area (TPSA) is 56.0 Å². The fourth-order valence-corrected chi connectivity index (χ4v) is 5.11. The lowest BCUT2D eigenvalue weighted by Gasteiger charge is -2.15. The van der Waals surface area contributed by atoms with Crippen LogP contribution >= 0.6 is 11.8 Å². The number of benzene rings is 1. The molecule has 7 heteroatoms. The van der Waals surface area contributed by atoms with E-state index in [1.807, 2.05) is 31.2 Å². The molecule has 158 valence electrons. The van der Waals surface area contributed by atoms with Gasteiger partial charge in [0, 0.05) is 29.2 Å². The molecular weight excluding hydrogens is 394 g/mol. The minimum atomic E-state index is 0.136. The lowest BCUT2D eigenvalue weighted by Crippen LogP contribution is -2.21. The van der Waals surface area contributed by atoms with Gasteiger partial charge in [0.2, 0.25) is 0 Å². The van der Waals surface area contributed by atoms with E-state index in [9.17, 15) is 4.79 Å². The molecule has 0 N–H and O–H groups in total. The molecule has 1 fully saturated rings. The molecule has 6 nitrogen and oxygen atoms in total. The van der Waals surface area contributed by atoms with Crippen molar-refractivity contribution in [3.8, 4) is 5.69 Å². The molecule has 1 saturated heterocycles. The van der Waals surface area contributed by atoms with Gasteiger partial charge in [-0.2, -0.15) is 0 Å². The van der Waals surface area contributed by atoms with E-state index in [1.165, 1.54) is 24.6 Å². The number of carbonyl (C=O) groups excluding carboxylic acids is 1. The SMILES string of the molecule is CCn1c(C)cc(C(=O)CSc2nnc(CN3CCCC3)n2-c2ccccc2)c1C. The molecule has 0 bridgehead atoms. The summed E-state index contributed by atoms with van der Waals surface area (Å²) in [5.41, 5.74) is 4.02. The molecule has 4 rings (SSSR count). The van der Waals surface area contributed by atoms with Crippen molar-refractivity contribution >= 4 is 17.5 Å². The predicted molar refractivity (Wildman–Crippen MR) is 121 cm³/mol. The Balaban J connectivity index is 1.56. The van der Waals surface area contributed by atoms with Crippen LogP contribution in [0, 0.1) is 13.8 Å². The zero-order valence-corrected chi connectivity index (χ0v) is 18.8. The number of carbonyl (C=O) groups is 1. The van der Waals surface area contributed by atoms with Crippen molar-refractivity contribution in [3.63, 3.8) is 0 Å². The zero-order chi connectivity index (χ0) is 21.1. The molecular formula is C23H29N5OS. The zero-order valence-electron chi connectivity index (χ0n) is 18.0. The molecule has 1 aliphatic rings. The number of ketones is 1. The van der Waals surface area contributed by atoms with Crippen LogP contribution in [0.25, 0.3) is 5.69 Å². The monoisotopic (exact) mass is 423 g/mol. The maximum Gasteiger partial charge on any atom is 0.196 e. The van der Waals surface area contributed by atoms with Crippen LogP contribution in [-0.2, 0) is 13.1 Å². The Morgan fingerprint density at radius 2 is 1.83 bits per heavy atom. The van der Waals surface area contributed by atoms with Gasteiger partial charge in [0.15, 0.2) is 16.8 Å². The van der Waals surface area contributed by atoms with Crippen molar-refractivity contribution < 1.29 is 4.79 Å². The Kier molecular flexibility index (Phi) is 6.39. The molecule has 0 amide bonds. The molecule has 0 saturated carbocycles. The summed E-state index contributed by atoms with van der Waals surface area (Å²) in [5.74, 6) is 1.42. The minimum absolute atomic E-state index is 0.136. The standard InChI is InChI=1S/C23H29N5OS/c1-4-27-17(2)14-20(18(27)3)21(29)16-30-23-25-24-22(15-26-12-8-9-13-26)28(23)19-10-6-5-7-11-19/h5-7,10-11,14H,4,8-9,12-13,15-16H2,1-3H3. The fourth-order valence-electron chi connectivity index (χ4n) is 4.25. The molecule has 0 atom stereocenters. The Hall–Kier alpha value is -2.38. The highest BCUT2D eigenvalue weighted by molar-refractivity contribution is 7.99. The number of aryl methyl sites for hydroxylation is 1.